The van der Waals surface area contributed by atoms with Crippen molar-refractivity contribution in [2.45, 2.75) is 19.3 Å². The van der Waals surface area contributed by atoms with Crippen LogP contribution in [0.1, 0.15) is 29.0 Å². The average molecular weight is 284 g/mol. The molecule has 2 aromatic carbocycles. The van der Waals surface area contributed by atoms with Crippen LogP contribution in [0, 0.1) is 6.92 Å². The highest BCUT2D eigenvalue weighted by Gasteiger charge is 2.31. The molecular formula is C17H16O4. The van der Waals surface area contributed by atoms with E-state index in [0.29, 0.717) is 17.1 Å². The van der Waals surface area contributed by atoms with E-state index >= 15 is 0 Å². The van der Waals surface area contributed by atoms with E-state index in [1.54, 1.807) is 12.1 Å². The zero-order valence-corrected chi connectivity index (χ0v) is 11.9. The van der Waals surface area contributed by atoms with Gasteiger partial charge in [-0.3, -0.25) is 4.79 Å². The van der Waals surface area contributed by atoms with Crippen molar-refractivity contribution in [2.24, 2.45) is 0 Å². The minimum Gasteiger partial charge on any atom is -0.507 e. The van der Waals surface area contributed by atoms with Crippen LogP contribution in [0.5, 0.6) is 17.2 Å². The second-order valence-corrected chi connectivity index (χ2v) is 5.20. The Hall–Kier alpha value is -2.49. The summed E-state index contributed by atoms with van der Waals surface area (Å²) in [4.78, 5) is 11.8. The molecule has 4 nitrogen and oxygen atoms in total. The van der Waals surface area contributed by atoms with Gasteiger partial charge in [0.15, 0.2) is 0 Å². The van der Waals surface area contributed by atoms with Gasteiger partial charge >= 0.3 is 5.97 Å². The molecule has 0 saturated heterocycles. The van der Waals surface area contributed by atoms with E-state index in [1.807, 2.05) is 31.2 Å². The first-order valence-electron chi connectivity index (χ1n) is 6.76. The molecule has 3 rings (SSSR count). The molecule has 0 saturated carbocycles. The van der Waals surface area contributed by atoms with E-state index in [0.717, 1.165) is 11.1 Å². The van der Waals surface area contributed by atoms with Crippen LogP contribution in [-0.2, 0) is 4.79 Å². The lowest BCUT2D eigenvalue weighted by molar-refractivity contribution is -0.135. The maximum Gasteiger partial charge on any atom is 0.312 e. The van der Waals surface area contributed by atoms with Crippen molar-refractivity contribution in [1.82, 2.24) is 0 Å². The number of carbonyl (C=O) groups excluding carboxylic acids is 1. The van der Waals surface area contributed by atoms with Gasteiger partial charge in [0.1, 0.15) is 17.2 Å². The molecule has 1 aliphatic rings. The van der Waals surface area contributed by atoms with Crippen molar-refractivity contribution in [3.63, 3.8) is 0 Å². The van der Waals surface area contributed by atoms with E-state index in [4.69, 9.17) is 9.47 Å². The number of aryl methyl sites for hydroxylation is 1. The van der Waals surface area contributed by atoms with E-state index < -0.39 is 0 Å². The van der Waals surface area contributed by atoms with Crippen molar-refractivity contribution in [1.29, 1.82) is 0 Å². The lowest BCUT2D eigenvalue weighted by atomic mass is 9.85. The maximum absolute atomic E-state index is 11.8. The SMILES string of the molecule is COc1cc(O)c2c(c1)OC(=O)C[C@@H]2c1ccc(C)cc1. The zero-order chi connectivity index (χ0) is 15.0. The minimum atomic E-state index is -0.305. The highest BCUT2D eigenvalue weighted by molar-refractivity contribution is 5.79. The Labute approximate surface area is 122 Å². The average Bonchev–Trinajstić information content (AvgIpc) is 2.46. The van der Waals surface area contributed by atoms with Gasteiger partial charge < -0.3 is 14.6 Å². The topological polar surface area (TPSA) is 55.8 Å². The number of esters is 1. The lowest BCUT2D eigenvalue weighted by Gasteiger charge is -2.26. The molecule has 0 aliphatic carbocycles. The van der Waals surface area contributed by atoms with E-state index in [1.165, 1.54) is 7.11 Å². The van der Waals surface area contributed by atoms with Gasteiger partial charge in [0.25, 0.3) is 0 Å². The highest BCUT2D eigenvalue weighted by atomic mass is 16.5. The minimum absolute atomic E-state index is 0.0856. The highest BCUT2D eigenvalue weighted by Crippen LogP contribution is 2.45. The number of hydrogen-bond donors (Lipinski definition) is 1. The first kappa shape index (κ1) is 13.5. The van der Waals surface area contributed by atoms with Crippen LogP contribution in [0.2, 0.25) is 0 Å². The monoisotopic (exact) mass is 284 g/mol. The summed E-state index contributed by atoms with van der Waals surface area (Å²) in [5.74, 6) is 0.410. The molecule has 0 unspecified atom stereocenters. The molecule has 1 N–H and O–H groups in total. The van der Waals surface area contributed by atoms with Gasteiger partial charge in [0.2, 0.25) is 0 Å². The van der Waals surface area contributed by atoms with Gasteiger partial charge in [-0.2, -0.15) is 0 Å². The first-order valence-corrected chi connectivity index (χ1v) is 6.76. The molecule has 4 heteroatoms. The number of fused-ring (bicyclic) bond motifs is 1. The Morgan fingerprint density at radius 3 is 2.62 bits per heavy atom. The van der Waals surface area contributed by atoms with Crippen LogP contribution < -0.4 is 9.47 Å². The predicted octanol–water partition coefficient (Wildman–Crippen LogP) is 3.15. The van der Waals surface area contributed by atoms with Gasteiger partial charge in [0, 0.05) is 23.6 Å². The molecule has 21 heavy (non-hydrogen) atoms. The first-order chi connectivity index (χ1) is 10.1. The molecule has 108 valence electrons. The standard InChI is InChI=1S/C17H16O4/c1-10-3-5-11(6-4-10)13-9-16(19)21-15-8-12(20-2)7-14(18)17(13)15/h3-8,13,18H,9H2,1-2H3/t13-/m1/s1. The molecule has 0 radical (unpaired) electrons. The summed E-state index contributed by atoms with van der Waals surface area (Å²) in [7, 11) is 1.50. The predicted molar refractivity (Wildman–Crippen MR) is 77.9 cm³/mol. The Kier molecular flexibility index (Phi) is 3.29. The number of ether oxygens (including phenoxy) is 2. The normalized spacial score (nSPS) is 17.0. The fourth-order valence-corrected chi connectivity index (χ4v) is 2.66. The summed E-state index contributed by atoms with van der Waals surface area (Å²) >= 11 is 0. The van der Waals surface area contributed by atoms with E-state index in [2.05, 4.69) is 0 Å². The van der Waals surface area contributed by atoms with Gasteiger partial charge in [-0.25, -0.2) is 0 Å². The van der Waals surface area contributed by atoms with Gasteiger partial charge in [-0.15, -0.1) is 0 Å². The third kappa shape index (κ3) is 2.44. The summed E-state index contributed by atoms with van der Waals surface area (Å²) in [6, 6.07) is 11.1. The van der Waals surface area contributed by atoms with E-state index in [9.17, 15) is 9.90 Å². The zero-order valence-electron chi connectivity index (χ0n) is 11.9. The third-order valence-electron chi connectivity index (χ3n) is 3.75. The Morgan fingerprint density at radius 2 is 1.95 bits per heavy atom. The van der Waals surface area contributed by atoms with Gasteiger partial charge in [-0.05, 0) is 12.5 Å². The number of hydrogen-bond acceptors (Lipinski definition) is 4. The summed E-state index contributed by atoms with van der Waals surface area (Å²) in [6.07, 6.45) is 0.218. The molecule has 0 fully saturated rings. The van der Waals surface area contributed by atoms with E-state index in [-0.39, 0.29) is 24.1 Å². The van der Waals surface area contributed by atoms with Crippen LogP contribution >= 0.6 is 0 Å². The maximum atomic E-state index is 11.8. The number of methoxy groups -OCH3 is 1. The number of phenolic OH excluding ortho intramolecular Hbond substituents is 1. The second kappa shape index (κ2) is 5.13. The summed E-state index contributed by atoms with van der Waals surface area (Å²) in [6.45, 7) is 2.01. The van der Waals surface area contributed by atoms with Crippen LogP contribution in [-0.4, -0.2) is 18.2 Å². The summed E-state index contributed by atoms with van der Waals surface area (Å²) < 4.78 is 10.4. The number of phenols is 1. The van der Waals surface area contributed by atoms with Crippen molar-refractivity contribution < 1.29 is 19.4 Å². The smallest absolute Gasteiger partial charge is 0.312 e. The molecule has 0 spiro atoms. The van der Waals surface area contributed by atoms with Crippen molar-refractivity contribution in [2.75, 3.05) is 7.11 Å². The van der Waals surface area contributed by atoms with Gasteiger partial charge in [0.05, 0.1) is 13.5 Å². The Bertz CT molecular complexity index is 689. The number of benzene rings is 2. The Balaban J connectivity index is 2.13. The second-order valence-electron chi connectivity index (χ2n) is 5.20. The fraction of sp³-hybridized carbons (Fsp3) is 0.235. The molecule has 0 bridgehead atoms. The van der Waals surface area contributed by atoms with Crippen LogP contribution in [0.4, 0.5) is 0 Å². The van der Waals surface area contributed by atoms with Gasteiger partial charge in [-0.1, -0.05) is 29.8 Å². The fourth-order valence-electron chi connectivity index (χ4n) is 2.66. The summed E-state index contributed by atoms with van der Waals surface area (Å²) in [5.41, 5.74) is 2.77. The molecule has 1 atom stereocenters. The molecule has 1 heterocycles. The molecule has 0 aromatic heterocycles. The number of carbonyl (C=O) groups is 1. The number of rotatable bonds is 2. The molecule has 1 aliphatic heterocycles. The molecule has 0 amide bonds. The van der Waals surface area contributed by atoms with Crippen LogP contribution in [0.25, 0.3) is 0 Å². The third-order valence-corrected chi connectivity index (χ3v) is 3.75. The van der Waals surface area contributed by atoms with Crippen molar-refractivity contribution in [3.8, 4) is 17.2 Å². The van der Waals surface area contributed by atoms with Crippen molar-refractivity contribution >= 4 is 5.97 Å². The largest absolute Gasteiger partial charge is 0.507 e. The molecule has 2 aromatic rings. The Morgan fingerprint density at radius 1 is 1.24 bits per heavy atom. The van der Waals surface area contributed by atoms with Crippen LogP contribution in [0.3, 0.4) is 0 Å². The number of aromatic hydroxyl groups is 1. The molecular weight excluding hydrogens is 268 g/mol. The van der Waals surface area contributed by atoms with Crippen molar-refractivity contribution in [3.05, 3.63) is 53.1 Å². The lowest BCUT2D eigenvalue weighted by Crippen LogP contribution is -2.21. The summed E-state index contributed by atoms with van der Waals surface area (Å²) in [5, 5.41) is 10.3. The quantitative estimate of drug-likeness (QED) is 0.680. The van der Waals surface area contributed by atoms with Crippen LogP contribution in [0.15, 0.2) is 36.4 Å².